The van der Waals surface area contributed by atoms with Crippen molar-refractivity contribution in [1.29, 1.82) is 0 Å². The minimum absolute atomic E-state index is 0.161. The predicted molar refractivity (Wildman–Crippen MR) is 40.5 cm³/mol. The minimum atomic E-state index is -1.34. The second-order valence-electron chi connectivity index (χ2n) is 2.71. The maximum absolute atomic E-state index is 10.2. The molecule has 0 unspecified atom stereocenters. The normalized spacial score (nSPS) is 11.2. The van der Waals surface area contributed by atoms with Gasteiger partial charge in [0.1, 0.15) is 0 Å². The molecule has 0 fully saturated rings. The third kappa shape index (κ3) is 3.89. The van der Waals surface area contributed by atoms with Gasteiger partial charge in [-0.3, -0.25) is 9.59 Å². The van der Waals surface area contributed by atoms with E-state index >= 15 is 0 Å². The van der Waals surface area contributed by atoms with Gasteiger partial charge in [0.2, 0.25) is 0 Å². The van der Waals surface area contributed by atoms with Gasteiger partial charge in [-0.15, -0.1) is 0 Å². The Kier molecular flexibility index (Phi) is 3.65. The van der Waals surface area contributed by atoms with Crippen molar-refractivity contribution in [2.45, 2.75) is 18.4 Å². The van der Waals surface area contributed by atoms with Crippen LogP contribution in [0.1, 0.15) is 12.8 Å². The van der Waals surface area contributed by atoms with Gasteiger partial charge >= 0.3 is 11.9 Å². The van der Waals surface area contributed by atoms with Gasteiger partial charge in [0, 0.05) is 12.1 Å². The van der Waals surface area contributed by atoms with E-state index in [1.165, 1.54) is 0 Å². The lowest BCUT2D eigenvalue weighted by molar-refractivity contribution is -0.140. The second-order valence-corrected chi connectivity index (χ2v) is 2.71. The van der Waals surface area contributed by atoms with E-state index in [0.717, 1.165) is 0 Å². The molecular weight excluding hydrogens is 164 g/mol. The number of carboxylic acids is 2. The highest BCUT2D eigenvalue weighted by Gasteiger charge is 2.29. The fourth-order valence-corrected chi connectivity index (χ4v) is 0.809. The van der Waals surface area contributed by atoms with E-state index in [-0.39, 0.29) is 6.54 Å². The number of aliphatic carboxylic acids is 2. The van der Waals surface area contributed by atoms with Crippen LogP contribution >= 0.6 is 0 Å². The summed E-state index contributed by atoms with van der Waals surface area (Å²) in [5.41, 5.74) is 9.23. The lowest BCUT2D eigenvalue weighted by atomic mass is 9.93. The number of carbonyl (C=O) groups is 2. The summed E-state index contributed by atoms with van der Waals surface area (Å²) in [4.78, 5) is 20.5. The first-order valence-corrected chi connectivity index (χ1v) is 3.32. The molecule has 0 aliphatic heterocycles. The van der Waals surface area contributed by atoms with Gasteiger partial charge in [0.05, 0.1) is 12.8 Å². The van der Waals surface area contributed by atoms with Crippen LogP contribution in [0.5, 0.6) is 0 Å². The molecule has 0 amide bonds. The molecule has 0 saturated heterocycles. The molecule has 0 aromatic heterocycles. The maximum atomic E-state index is 10.2. The molecule has 0 spiro atoms. The quantitative estimate of drug-likeness (QED) is 0.407. The zero-order valence-electron chi connectivity index (χ0n) is 6.49. The lowest BCUT2D eigenvalue weighted by Crippen LogP contribution is -2.50. The molecule has 0 radical (unpaired) electrons. The van der Waals surface area contributed by atoms with Crippen molar-refractivity contribution >= 4 is 11.9 Å². The molecular formula is C6H12N2O4. The van der Waals surface area contributed by atoms with Crippen LogP contribution in [0.25, 0.3) is 0 Å². The number of rotatable bonds is 5. The highest BCUT2D eigenvalue weighted by molar-refractivity contribution is 5.73. The summed E-state index contributed by atoms with van der Waals surface area (Å²) < 4.78 is 0. The first kappa shape index (κ1) is 10.9. The molecule has 6 nitrogen and oxygen atoms in total. The predicted octanol–water partition coefficient (Wildman–Crippen LogP) is -1.41. The topological polar surface area (TPSA) is 127 Å². The average molecular weight is 176 g/mol. The summed E-state index contributed by atoms with van der Waals surface area (Å²) in [6.45, 7) is -0.161. The molecule has 0 saturated carbocycles. The molecule has 0 aliphatic rings. The van der Waals surface area contributed by atoms with Gasteiger partial charge in [0.25, 0.3) is 0 Å². The van der Waals surface area contributed by atoms with Crippen molar-refractivity contribution < 1.29 is 19.8 Å². The molecule has 12 heavy (non-hydrogen) atoms. The van der Waals surface area contributed by atoms with Gasteiger partial charge < -0.3 is 21.7 Å². The largest absolute Gasteiger partial charge is 0.481 e. The zero-order chi connectivity index (χ0) is 9.78. The molecule has 0 aliphatic carbocycles. The smallest absolute Gasteiger partial charge is 0.305 e. The Bertz CT molecular complexity index is 176. The van der Waals surface area contributed by atoms with Crippen molar-refractivity contribution in [3.63, 3.8) is 0 Å². The number of nitrogens with two attached hydrogens (primary N) is 2. The van der Waals surface area contributed by atoms with Crippen molar-refractivity contribution in [3.05, 3.63) is 0 Å². The van der Waals surface area contributed by atoms with Gasteiger partial charge in [-0.05, 0) is 0 Å². The Morgan fingerprint density at radius 1 is 1.17 bits per heavy atom. The third-order valence-corrected chi connectivity index (χ3v) is 1.41. The van der Waals surface area contributed by atoms with Gasteiger partial charge in [-0.25, -0.2) is 0 Å². The molecule has 0 aromatic carbocycles. The number of hydrogen-bond acceptors (Lipinski definition) is 4. The lowest BCUT2D eigenvalue weighted by Gasteiger charge is -2.23. The standard InChI is InChI=1S/C6H12N2O4/c7-3-6(8,1-4(9)10)2-5(11)12/h1-3,7-8H2,(H,9,10)(H,11,12). The van der Waals surface area contributed by atoms with Gasteiger partial charge in [-0.2, -0.15) is 0 Å². The van der Waals surface area contributed by atoms with E-state index in [9.17, 15) is 9.59 Å². The Balaban J connectivity index is 4.23. The van der Waals surface area contributed by atoms with E-state index in [4.69, 9.17) is 21.7 Å². The summed E-state index contributed by atoms with van der Waals surface area (Å²) in [5.74, 6) is -2.30. The Labute approximate surface area is 69.2 Å². The summed E-state index contributed by atoms with van der Waals surface area (Å²) >= 11 is 0. The number of carboxylic acid groups (broad SMARTS) is 2. The first-order valence-electron chi connectivity index (χ1n) is 3.32. The summed E-state index contributed by atoms with van der Waals surface area (Å²) in [6.07, 6.45) is -0.869. The monoisotopic (exact) mass is 176 g/mol. The van der Waals surface area contributed by atoms with Crippen LogP contribution in [0.4, 0.5) is 0 Å². The fraction of sp³-hybridized carbons (Fsp3) is 0.667. The van der Waals surface area contributed by atoms with E-state index in [1.807, 2.05) is 0 Å². The molecule has 0 atom stereocenters. The molecule has 70 valence electrons. The van der Waals surface area contributed by atoms with Crippen molar-refractivity contribution in [3.8, 4) is 0 Å². The van der Waals surface area contributed by atoms with Gasteiger partial charge in [-0.1, -0.05) is 0 Å². The highest BCUT2D eigenvalue weighted by Crippen LogP contribution is 2.09. The molecule has 0 aromatic rings. The van der Waals surface area contributed by atoms with Crippen LogP contribution in [0.2, 0.25) is 0 Å². The van der Waals surface area contributed by atoms with E-state index in [2.05, 4.69) is 0 Å². The van der Waals surface area contributed by atoms with Crippen LogP contribution < -0.4 is 11.5 Å². The van der Waals surface area contributed by atoms with Crippen LogP contribution in [-0.2, 0) is 9.59 Å². The van der Waals surface area contributed by atoms with Crippen LogP contribution in [-0.4, -0.2) is 34.2 Å². The van der Waals surface area contributed by atoms with E-state index in [1.54, 1.807) is 0 Å². The van der Waals surface area contributed by atoms with E-state index in [0.29, 0.717) is 0 Å². The summed E-state index contributed by atoms with van der Waals surface area (Å²) in [5, 5.41) is 16.7. The molecule has 6 N–H and O–H groups in total. The average Bonchev–Trinajstić information content (AvgIpc) is 1.83. The summed E-state index contributed by atoms with van der Waals surface area (Å²) in [6, 6.07) is 0. The van der Waals surface area contributed by atoms with Crippen molar-refractivity contribution in [2.24, 2.45) is 11.5 Å². The first-order chi connectivity index (χ1) is 5.39. The molecule has 6 heteroatoms. The highest BCUT2D eigenvalue weighted by atomic mass is 16.4. The fourth-order valence-electron chi connectivity index (χ4n) is 0.809. The third-order valence-electron chi connectivity index (χ3n) is 1.41. The van der Waals surface area contributed by atoms with Crippen LogP contribution in [0, 0.1) is 0 Å². The Morgan fingerprint density at radius 3 is 1.67 bits per heavy atom. The number of hydrogen-bond donors (Lipinski definition) is 4. The SMILES string of the molecule is NCC(N)(CC(=O)O)CC(=O)O. The van der Waals surface area contributed by atoms with Gasteiger partial charge in [0.15, 0.2) is 0 Å². The minimum Gasteiger partial charge on any atom is -0.481 e. The van der Waals surface area contributed by atoms with Crippen LogP contribution in [0.3, 0.4) is 0 Å². The van der Waals surface area contributed by atoms with Crippen LogP contribution in [0.15, 0.2) is 0 Å². The molecule has 0 bridgehead atoms. The molecule has 0 rings (SSSR count). The van der Waals surface area contributed by atoms with E-state index < -0.39 is 30.3 Å². The zero-order valence-corrected chi connectivity index (χ0v) is 6.49. The van der Waals surface area contributed by atoms with Crippen molar-refractivity contribution in [2.75, 3.05) is 6.54 Å². The summed E-state index contributed by atoms with van der Waals surface area (Å²) in [7, 11) is 0. The Morgan fingerprint density at radius 2 is 1.50 bits per heavy atom. The maximum Gasteiger partial charge on any atom is 0.305 e. The molecule has 0 heterocycles. The Hall–Kier alpha value is -1.14. The van der Waals surface area contributed by atoms with Crippen molar-refractivity contribution in [1.82, 2.24) is 0 Å². The second kappa shape index (κ2) is 4.03.